The Hall–Kier alpha value is -3.33. The highest BCUT2D eigenvalue weighted by molar-refractivity contribution is 7.80. The molecule has 1 aromatic rings. The van der Waals surface area contributed by atoms with Crippen LogP contribution in [0.1, 0.15) is 25.5 Å². The largest absolute Gasteiger partial charge is 0.480 e. The molecule has 3 amide bonds. The van der Waals surface area contributed by atoms with Crippen LogP contribution in [0.25, 0.3) is 0 Å². The van der Waals surface area contributed by atoms with Crippen molar-refractivity contribution in [3.05, 3.63) is 18.2 Å². The summed E-state index contributed by atoms with van der Waals surface area (Å²) in [5, 5.41) is 16.7. The van der Waals surface area contributed by atoms with E-state index in [2.05, 4.69) is 43.5 Å². The highest BCUT2D eigenvalue weighted by Gasteiger charge is 2.29. The summed E-state index contributed by atoms with van der Waals surface area (Å²) in [6.45, 7) is 1.66. The van der Waals surface area contributed by atoms with Crippen LogP contribution in [0.15, 0.2) is 17.5 Å². The first-order valence-corrected chi connectivity index (χ1v) is 10.7. The fraction of sp³-hybridized carbons (Fsp3) is 0.556. The van der Waals surface area contributed by atoms with E-state index in [9.17, 15) is 24.3 Å². The number of nitrogens with zero attached hydrogens (tertiary/aromatic N) is 2. The quantitative estimate of drug-likeness (QED) is 0.0557. The van der Waals surface area contributed by atoms with Crippen molar-refractivity contribution in [1.29, 1.82) is 0 Å². The molecule has 0 aliphatic heterocycles. The first-order valence-electron chi connectivity index (χ1n) is 10.1. The molecule has 0 aromatic carbocycles. The number of carboxylic acid groups (broad SMARTS) is 1. The summed E-state index contributed by atoms with van der Waals surface area (Å²) in [5.74, 6) is -3.47. The van der Waals surface area contributed by atoms with Gasteiger partial charge in [0.25, 0.3) is 0 Å². The van der Waals surface area contributed by atoms with Gasteiger partial charge in [-0.3, -0.25) is 19.4 Å². The van der Waals surface area contributed by atoms with E-state index in [4.69, 9.17) is 17.2 Å². The molecule has 1 heterocycles. The van der Waals surface area contributed by atoms with Gasteiger partial charge in [-0.05, 0) is 19.8 Å². The number of imidazole rings is 1. The molecule has 0 saturated heterocycles. The first-order chi connectivity index (χ1) is 15.5. The number of hydrogen-bond acceptors (Lipinski definition) is 8. The molecule has 15 heteroatoms. The van der Waals surface area contributed by atoms with Gasteiger partial charge in [0.2, 0.25) is 17.7 Å². The van der Waals surface area contributed by atoms with E-state index in [1.165, 1.54) is 19.4 Å². The van der Waals surface area contributed by atoms with E-state index in [1.807, 2.05) is 0 Å². The number of aliphatic imine (C=N–C) groups is 1. The molecule has 1 rings (SSSR count). The van der Waals surface area contributed by atoms with Gasteiger partial charge in [0.15, 0.2) is 5.96 Å². The Bertz CT molecular complexity index is 827. The molecule has 0 aliphatic carbocycles. The number of thiol groups is 1. The van der Waals surface area contributed by atoms with Gasteiger partial charge < -0.3 is 43.2 Å². The van der Waals surface area contributed by atoms with Crippen LogP contribution < -0.4 is 33.2 Å². The monoisotopic (exact) mass is 485 g/mol. The predicted octanol–water partition coefficient (Wildman–Crippen LogP) is -3.18. The summed E-state index contributed by atoms with van der Waals surface area (Å²) >= 11 is 4.08. The second-order valence-electron chi connectivity index (χ2n) is 7.22. The maximum Gasteiger partial charge on any atom is 0.326 e. The molecule has 11 N–H and O–H groups in total. The molecular formula is C18H31N9O5S. The Morgan fingerprint density at radius 3 is 2.24 bits per heavy atom. The summed E-state index contributed by atoms with van der Waals surface area (Å²) < 4.78 is 0. The van der Waals surface area contributed by atoms with E-state index in [0.29, 0.717) is 12.1 Å². The maximum atomic E-state index is 12.8. The number of guanidine groups is 1. The minimum Gasteiger partial charge on any atom is -0.480 e. The zero-order valence-corrected chi connectivity index (χ0v) is 19.0. The lowest BCUT2D eigenvalue weighted by Crippen LogP contribution is -2.58. The molecule has 33 heavy (non-hydrogen) atoms. The van der Waals surface area contributed by atoms with Gasteiger partial charge in [0.1, 0.15) is 18.1 Å². The second kappa shape index (κ2) is 13.9. The summed E-state index contributed by atoms with van der Waals surface area (Å²) in [5.41, 5.74) is 16.6. The Morgan fingerprint density at radius 2 is 1.73 bits per heavy atom. The Labute approximate surface area is 195 Å². The van der Waals surface area contributed by atoms with Gasteiger partial charge in [0, 0.05) is 30.6 Å². The van der Waals surface area contributed by atoms with Crippen LogP contribution in [0, 0.1) is 0 Å². The van der Waals surface area contributed by atoms with Crippen molar-refractivity contribution >= 4 is 42.3 Å². The van der Waals surface area contributed by atoms with E-state index in [-0.39, 0.29) is 31.1 Å². The smallest absolute Gasteiger partial charge is 0.326 e. The summed E-state index contributed by atoms with van der Waals surface area (Å²) in [6.07, 6.45) is 3.34. The normalized spacial score (nSPS) is 14.3. The number of aromatic amines is 1. The molecule has 14 nitrogen and oxygen atoms in total. The van der Waals surface area contributed by atoms with E-state index < -0.39 is 47.9 Å². The number of aliphatic carboxylic acids is 1. The SMILES string of the molecule is CC(N)C(=O)NC(Cc1cnc[nH]1)C(=O)NC(CS)C(=O)NC(CCCN=C(N)N)C(=O)O. The Kier molecular flexibility index (Phi) is 11.7. The van der Waals surface area contributed by atoms with Gasteiger partial charge in [-0.2, -0.15) is 12.6 Å². The zero-order valence-electron chi connectivity index (χ0n) is 18.2. The highest BCUT2D eigenvalue weighted by atomic mass is 32.1. The molecule has 0 saturated carbocycles. The molecule has 1 aromatic heterocycles. The zero-order chi connectivity index (χ0) is 25.0. The van der Waals surface area contributed by atoms with Crippen LogP contribution in [-0.4, -0.2) is 81.2 Å². The third-order valence-electron chi connectivity index (χ3n) is 4.40. The van der Waals surface area contributed by atoms with E-state index >= 15 is 0 Å². The number of carboxylic acids is 1. The van der Waals surface area contributed by atoms with Crippen LogP contribution in [0.5, 0.6) is 0 Å². The molecule has 4 unspecified atom stereocenters. The number of carbonyl (C=O) groups is 4. The van der Waals surface area contributed by atoms with Crippen molar-refractivity contribution in [3.63, 3.8) is 0 Å². The summed E-state index contributed by atoms with van der Waals surface area (Å²) in [6, 6.07) is -4.29. The number of nitrogens with one attached hydrogen (secondary N) is 4. The lowest BCUT2D eigenvalue weighted by atomic mass is 10.1. The third-order valence-corrected chi connectivity index (χ3v) is 4.77. The van der Waals surface area contributed by atoms with Gasteiger partial charge in [-0.25, -0.2) is 9.78 Å². The number of amides is 3. The molecule has 0 spiro atoms. The average Bonchev–Trinajstić information content (AvgIpc) is 3.25. The molecule has 0 fully saturated rings. The Morgan fingerprint density at radius 1 is 1.12 bits per heavy atom. The van der Waals surface area contributed by atoms with Crippen LogP contribution >= 0.6 is 12.6 Å². The summed E-state index contributed by atoms with van der Waals surface area (Å²) in [4.78, 5) is 59.4. The van der Waals surface area contributed by atoms with Gasteiger partial charge in [-0.1, -0.05) is 0 Å². The van der Waals surface area contributed by atoms with Crippen molar-refractivity contribution in [1.82, 2.24) is 25.9 Å². The van der Waals surface area contributed by atoms with E-state index in [1.54, 1.807) is 0 Å². The lowest BCUT2D eigenvalue weighted by Gasteiger charge is -2.24. The van der Waals surface area contributed by atoms with Gasteiger partial charge >= 0.3 is 5.97 Å². The Balaban J connectivity index is 2.81. The number of aromatic nitrogens is 2. The fourth-order valence-corrected chi connectivity index (χ4v) is 2.89. The van der Waals surface area contributed by atoms with Crippen molar-refractivity contribution < 1.29 is 24.3 Å². The average molecular weight is 486 g/mol. The van der Waals surface area contributed by atoms with Crippen molar-refractivity contribution in [2.24, 2.45) is 22.2 Å². The van der Waals surface area contributed by atoms with E-state index in [0.717, 1.165) is 0 Å². The molecular weight excluding hydrogens is 454 g/mol. The second-order valence-corrected chi connectivity index (χ2v) is 7.59. The molecule has 0 bridgehead atoms. The maximum absolute atomic E-state index is 12.8. The summed E-state index contributed by atoms with van der Waals surface area (Å²) in [7, 11) is 0. The molecule has 184 valence electrons. The van der Waals surface area contributed by atoms with Crippen molar-refractivity contribution in [3.8, 4) is 0 Å². The number of carbonyl (C=O) groups excluding carboxylic acids is 3. The van der Waals surface area contributed by atoms with Crippen LogP contribution in [0.3, 0.4) is 0 Å². The van der Waals surface area contributed by atoms with Crippen molar-refractivity contribution in [2.45, 2.75) is 50.4 Å². The van der Waals surface area contributed by atoms with Gasteiger partial charge in [0.05, 0.1) is 12.4 Å². The number of nitrogens with two attached hydrogens (primary N) is 3. The predicted molar refractivity (Wildman–Crippen MR) is 123 cm³/mol. The minimum absolute atomic E-state index is 0.0632. The topological polar surface area (TPSA) is 244 Å². The minimum atomic E-state index is -1.25. The third kappa shape index (κ3) is 10.2. The number of H-pyrrole nitrogens is 1. The van der Waals surface area contributed by atoms with Crippen LogP contribution in [0.4, 0.5) is 0 Å². The number of hydrogen-bond donors (Lipinski definition) is 9. The van der Waals surface area contributed by atoms with Crippen LogP contribution in [-0.2, 0) is 25.6 Å². The van der Waals surface area contributed by atoms with Crippen molar-refractivity contribution in [2.75, 3.05) is 12.3 Å². The highest BCUT2D eigenvalue weighted by Crippen LogP contribution is 2.03. The molecule has 0 aliphatic rings. The number of rotatable bonds is 14. The fourth-order valence-electron chi connectivity index (χ4n) is 2.63. The molecule has 4 atom stereocenters. The first kappa shape index (κ1) is 27.7. The van der Waals surface area contributed by atoms with Crippen LogP contribution in [0.2, 0.25) is 0 Å². The molecule has 0 radical (unpaired) electrons. The standard InChI is InChI=1S/C18H31N9O5S/c1-9(19)14(28)26-12(5-10-6-22-8-24-10)15(29)27-13(7-33)16(30)25-11(17(31)32)3-2-4-23-18(20)21/h6,8-9,11-13,33H,2-5,7,19H2,1H3,(H,22,24)(H,25,30)(H,26,28)(H,27,29)(H,31,32)(H4,20,21,23). The van der Waals surface area contributed by atoms with Gasteiger partial charge in [-0.15, -0.1) is 0 Å². The lowest BCUT2D eigenvalue weighted by molar-refractivity contribution is -0.142.